The molecular formula is C14H20O3. The molecule has 94 valence electrons. The smallest absolute Gasteiger partial charge is 0.124 e. The lowest BCUT2D eigenvalue weighted by Gasteiger charge is -2.19. The molecule has 0 radical (unpaired) electrons. The number of hydrogen-bond donors (Lipinski definition) is 2. The summed E-state index contributed by atoms with van der Waals surface area (Å²) in [6.07, 6.45) is 1.89. The number of aliphatic hydroxyl groups is 2. The van der Waals surface area contributed by atoms with E-state index in [1.54, 1.807) is 6.92 Å². The fraction of sp³-hybridized carbons (Fsp3) is 0.571. The van der Waals surface area contributed by atoms with E-state index in [4.69, 9.17) is 4.74 Å². The van der Waals surface area contributed by atoms with Gasteiger partial charge in [-0.15, -0.1) is 0 Å². The Labute approximate surface area is 102 Å². The first-order valence-corrected chi connectivity index (χ1v) is 6.21. The molecule has 2 N–H and O–H groups in total. The standard InChI is InChI=1S/C14H20O3/c1-9-8-11(10(2)15)6-7-13(9)17-14-5-3-4-12(14)16/h6-8,10,12,14-16H,3-5H2,1-2H3/t10-,12?,14?/m1/s1. The quantitative estimate of drug-likeness (QED) is 0.847. The van der Waals surface area contributed by atoms with E-state index in [0.717, 1.165) is 36.1 Å². The minimum atomic E-state index is -0.458. The maximum absolute atomic E-state index is 9.72. The van der Waals surface area contributed by atoms with Crippen molar-refractivity contribution >= 4 is 0 Å². The Balaban J connectivity index is 2.11. The first-order valence-electron chi connectivity index (χ1n) is 6.21. The van der Waals surface area contributed by atoms with E-state index < -0.39 is 6.10 Å². The first-order chi connectivity index (χ1) is 8.08. The minimum Gasteiger partial charge on any atom is -0.487 e. The largest absolute Gasteiger partial charge is 0.487 e. The molecule has 0 aliphatic heterocycles. The molecule has 1 aliphatic carbocycles. The third-order valence-corrected chi connectivity index (χ3v) is 3.38. The van der Waals surface area contributed by atoms with Crippen molar-refractivity contribution < 1.29 is 14.9 Å². The summed E-state index contributed by atoms with van der Waals surface area (Å²) in [6, 6.07) is 5.68. The van der Waals surface area contributed by atoms with Crippen LogP contribution in [0.1, 0.15) is 43.4 Å². The second kappa shape index (κ2) is 5.07. The van der Waals surface area contributed by atoms with Crippen LogP contribution in [0.3, 0.4) is 0 Å². The number of aryl methyl sites for hydroxylation is 1. The molecule has 0 amide bonds. The Morgan fingerprint density at radius 2 is 2.12 bits per heavy atom. The molecule has 17 heavy (non-hydrogen) atoms. The average Bonchev–Trinajstić information content (AvgIpc) is 2.67. The SMILES string of the molecule is Cc1cc([C@@H](C)O)ccc1OC1CCCC1O. The monoisotopic (exact) mass is 236 g/mol. The van der Waals surface area contributed by atoms with Gasteiger partial charge in [0.25, 0.3) is 0 Å². The highest BCUT2D eigenvalue weighted by Crippen LogP contribution is 2.28. The van der Waals surface area contributed by atoms with Gasteiger partial charge in [-0.2, -0.15) is 0 Å². The summed E-state index contributed by atoms with van der Waals surface area (Å²) in [5.74, 6) is 0.806. The number of aliphatic hydroxyl groups excluding tert-OH is 2. The Bertz CT molecular complexity index is 387. The highest BCUT2D eigenvalue weighted by atomic mass is 16.5. The van der Waals surface area contributed by atoms with Crippen molar-refractivity contribution in [2.45, 2.75) is 51.4 Å². The number of benzene rings is 1. The topological polar surface area (TPSA) is 49.7 Å². The Morgan fingerprint density at radius 3 is 2.65 bits per heavy atom. The molecule has 2 unspecified atom stereocenters. The maximum Gasteiger partial charge on any atom is 0.124 e. The Hall–Kier alpha value is -1.06. The van der Waals surface area contributed by atoms with Gasteiger partial charge in [-0.1, -0.05) is 6.07 Å². The summed E-state index contributed by atoms with van der Waals surface area (Å²) in [4.78, 5) is 0. The van der Waals surface area contributed by atoms with Gasteiger partial charge < -0.3 is 14.9 Å². The molecule has 2 rings (SSSR count). The van der Waals surface area contributed by atoms with Gasteiger partial charge in [0, 0.05) is 0 Å². The molecule has 3 nitrogen and oxygen atoms in total. The third-order valence-electron chi connectivity index (χ3n) is 3.38. The average molecular weight is 236 g/mol. The van der Waals surface area contributed by atoms with Crippen molar-refractivity contribution in [1.29, 1.82) is 0 Å². The lowest BCUT2D eigenvalue weighted by Crippen LogP contribution is -2.25. The van der Waals surface area contributed by atoms with Crippen LogP contribution in [0.2, 0.25) is 0 Å². The van der Waals surface area contributed by atoms with Gasteiger partial charge in [-0.3, -0.25) is 0 Å². The summed E-state index contributed by atoms with van der Waals surface area (Å²) >= 11 is 0. The fourth-order valence-electron chi connectivity index (χ4n) is 2.27. The van der Waals surface area contributed by atoms with Crippen LogP contribution in [0.4, 0.5) is 0 Å². The van der Waals surface area contributed by atoms with E-state index in [2.05, 4.69) is 0 Å². The summed E-state index contributed by atoms with van der Waals surface area (Å²) < 4.78 is 5.82. The van der Waals surface area contributed by atoms with Gasteiger partial charge in [0.15, 0.2) is 0 Å². The van der Waals surface area contributed by atoms with Gasteiger partial charge in [-0.25, -0.2) is 0 Å². The maximum atomic E-state index is 9.72. The first kappa shape index (κ1) is 12.4. The molecule has 1 aliphatic rings. The molecule has 0 heterocycles. The zero-order valence-corrected chi connectivity index (χ0v) is 10.4. The molecule has 1 saturated carbocycles. The van der Waals surface area contributed by atoms with Crippen LogP contribution >= 0.6 is 0 Å². The normalized spacial score (nSPS) is 25.9. The lowest BCUT2D eigenvalue weighted by atomic mass is 10.1. The molecule has 1 fully saturated rings. The Kier molecular flexibility index (Phi) is 3.69. The number of ether oxygens (including phenoxy) is 1. The molecule has 0 bridgehead atoms. The van der Waals surface area contributed by atoms with Crippen molar-refractivity contribution in [3.8, 4) is 5.75 Å². The van der Waals surface area contributed by atoms with Crippen molar-refractivity contribution in [3.05, 3.63) is 29.3 Å². The second-order valence-electron chi connectivity index (χ2n) is 4.86. The molecule has 3 atom stereocenters. The zero-order chi connectivity index (χ0) is 12.4. The third kappa shape index (κ3) is 2.79. The fourth-order valence-corrected chi connectivity index (χ4v) is 2.27. The van der Waals surface area contributed by atoms with Gasteiger partial charge >= 0.3 is 0 Å². The zero-order valence-electron chi connectivity index (χ0n) is 10.4. The molecule has 3 heteroatoms. The molecule has 1 aromatic rings. The second-order valence-corrected chi connectivity index (χ2v) is 4.86. The molecule has 0 spiro atoms. The summed E-state index contributed by atoms with van der Waals surface area (Å²) in [7, 11) is 0. The number of rotatable bonds is 3. The van der Waals surface area contributed by atoms with Crippen LogP contribution in [0.5, 0.6) is 5.75 Å². The van der Waals surface area contributed by atoms with Crippen LogP contribution in [-0.4, -0.2) is 22.4 Å². The van der Waals surface area contributed by atoms with Crippen LogP contribution < -0.4 is 4.74 Å². The predicted molar refractivity (Wildman–Crippen MR) is 66.1 cm³/mol. The minimum absolute atomic E-state index is 0.0777. The van der Waals surface area contributed by atoms with E-state index in [1.807, 2.05) is 25.1 Å². The molecule has 0 aromatic heterocycles. The highest BCUT2D eigenvalue weighted by molar-refractivity contribution is 5.37. The highest BCUT2D eigenvalue weighted by Gasteiger charge is 2.27. The summed E-state index contributed by atoms with van der Waals surface area (Å²) in [5, 5.41) is 19.2. The van der Waals surface area contributed by atoms with Gasteiger partial charge in [-0.05, 0) is 56.4 Å². The molecular weight excluding hydrogens is 216 g/mol. The lowest BCUT2D eigenvalue weighted by molar-refractivity contribution is 0.0599. The summed E-state index contributed by atoms with van der Waals surface area (Å²) in [6.45, 7) is 3.71. The van der Waals surface area contributed by atoms with E-state index in [1.165, 1.54) is 0 Å². The van der Waals surface area contributed by atoms with Crippen molar-refractivity contribution in [2.24, 2.45) is 0 Å². The van der Waals surface area contributed by atoms with Gasteiger partial charge in [0.1, 0.15) is 11.9 Å². The van der Waals surface area contributed by atoms with E-state index in [-0.39, 0.29) is 12.2 Å². The summed E-state index contributed by atoms with van der Waals surface area (Å²) in [5.41, 5.74) is 1.89. The van der Waals surface area contributed by atoms with Gasteiger partial charge in [0.05, 0.1) is 12.2 Å². The van der Waals surface area contributed by atoms with Crippen LogP contribution in [0, 0.1) is 6.92 Å². The van der Waals surface area contributed by atoms with Crippen molar-refractivity contribution in [3.63, 3.8) is 0 Å². The molecule has 1 aromatic carbocycles. The van der Waals surface area contributed by atoms with E-state index >= 15 is 0 Å². The molecule has 0 saturated heterocycles. The van der Waals surface area contributed by atoms with Crippen LogP contribution in [0.25, 0.3) is 0 Å². The van der Waals surface area contributed by atoms with Crippen molar-refractivity contribution in [1.82, 2.24) is 0 Å². The van der Waals surface area contributed by atoms with Crippen LogP contribution in [0.15, 0.2) is 18.2 Å². The van der Waals surface area contributed by atoms with Crippen LogP contribution in [-0.2, 0) is 0 Å². The van der Waals surface area contributed by atoms with E-state index in [0.29, 0.717) is 0 Å². The Morgan fingerprint density at radius 1 is 1.35 bits per heavy atom. The van der Waals surface area contributed by atoms with Crippen molar-refractivity contribution in [2.75, 3.05) is 0 Å². The number of hydrogen-bond acceptors (Lipinski definition) is 3. The van der Waals surface area contributed by atoms with E-state index in [9.17, 15) is 10.2 Å². The van der Waals surface area contributed by atoms with Gasteiger partial charge in [0.2, 0.25) is 0 Å². The predicted octanol–water partition coefficient (Wildman–Crippen LogP) is 2.34.